The maximum atomic E-state index is 11.0. The van der Waals surface area contributed by atoms with Gasteiger partial charge >= 0.3 is 0 Å². The molecule has 1 atom stereocenters. The van der Waals surface area contributed by atoms with Crippen LogP contribution in [0.3, 0.4) is 0 Å². The van der Waals surface area contributed by atoms with E-state index in [-0.39, 0.29) is 16.7 Å². The van der Waals surface area contributed by atoms with Gasteiger partial charge in [-0.2, -0.15) is 0 Å². The van der Waals surface area contributed by atoms with Gasteiger partial charge in [0.25, 0.3) is 5.69 Å². The maximum Gasteiger partial charge on any atom is 0.274 e. The van der Waals surface area contributed by atoms with Crippen LogP contribution in [0.15, 0.2) is 42.5 Å². The fourth-order valence-electron chi connectivity index (χ4n) is 2.21. The minimum Gasteiger partial charge on any atom is -0.497 e. The molecule has 0 fully saturated rings. The molecule has 0 aromatic heterocycles. The van der Waals surface area contributed by atoms with Crippen LogP contribution in [0.4, 0.5) is 11.4 Å². The lowest BCUT2D eigenvalue weighted by atomic mass is 10.1. The summed E-state index contributed by atoms with van der Waals surface area (Å²) >= 11 is 0. The summed E-state index contributed by atoms with van der Waals surface area (Å²) in [6.45, 7) is 3.76. The monoisotopic (exact) mass is 286 g/mol. The van der Waals surface area contributed by atoms with Gasteiger partial charge in [0.2, 0.25) is 0 Å². The van der Waals surface area contributed by atoms with Crippen molar-refractivity contribution in [2.75, 3.05) is 12.4 Å². The first-order valence-corrected chi connectivity index (χ1v) is 6.67. The number of nitrogens with zero attached hydrogens (tertiary/aromatic N) is 1. The van der Waals surface area contributed by atoms with Crippen LogP contribution in [0.25, 0.3) is 0 Å². The molecular formula is C16H18N2O3. The van der Waals surface area contributed by atoms with Crippen LogP contribution in [0, 0.1) is 17.0 Å². The summed E-state index contributed by atoms with van der Waals surface area (Å²) in [5.74, 6) is 0.789. The lowest BCUT2D eigenvalue weighted by Gasteiger charge is -2.18. The Morgan fingerprint density at radius 3 is 2.62 bits per heavy atom. The number of anilines is 1. The number of nitrogens with one attached hydrogen (secondary N) is 1. The second kappa shape index (κ2) is 6.26. The maximum absolute atomic E-state index is 11.0. The Balaban J connectivity index is 2.25. The van der Waals surface area contributed by atoms with Gasteiger partial charge in [0.15, 0.2) is 0 Å². The molecule has 0 heterocycles. The first-order chi connectivity index (χ1) is 10.0. The molecule has 2 aromatic rings. The highest BCUT2D eigenvalue weighted by Gasteiger charge is 2.15. The fourth-order valence-corrected chi connectivity index (χ4v) is 2.21. The molecule has 1 N–H and O–H groups in total. The van der Waals surface area contributed by atoms with E-state index in [0.717, 1.165) is 17.0 Å². The van der Waals surface area contributed by atoms with Gasteiger partial charge in [0, 0.05) is 23.4 Å². The third kappa shape index (κ3) is 3.31. The third-order valence-electron chi connectivity index (χ3n) is 3.47. The van der Waals surface area contributed by atoms with E-state index in [0.29, 0.717) is 5.56 Å². The van der Waals surface area contributed by atoms with Crippen molar-refractivity contribution in [2.24, 2.45) is 0 Å². The number of benzene rings is 2. The van der Waals surface area contributed by atoms with Crippen molar-refractivity contribution >= 4 is 11.4 Å². The normalized spacial score (nSPS) is 11.8. The summed E-state index contributed by atoms with van der Waals surface area (Å²) in [6, 6.07) is 12.8. The van der Waals surface area contributed by atoms with Crippen LogP contribution in [0.1, 0.15) is 24.1 Å². The highest BCUT2D eigenvalue weighted by Crippen LogP contribution is 2.29. The quantitative estimate of drug-likeness (QED) is 0.664. The lowest BCUT2D eigenvalue weighted by Crippen LogP contribution is -2.08. The Hall–Kier alpha value is -2.56. The molecule has 0 aliphatic heterocycles. The Morgan fingerprint density at radius 1 is 1.24 bits per heavy atom. The smallest absolute Gasteiger partial charge is 0.274 e. The largest absolute Gasteiger partial charge is 0.497 e. The van der Waals surface area contributed by atoms with Gasteiger partial charge in [-0.05, 0) is 37.6 Å². The summed E-state index contributed by atoms with van der Waals surface area (Å²) in [7, 11) is 1.63. The predicted molar refractivity (Wildman–Crippen MR) is 82.9 cm³/mol. The molecule has 0 saturated heterocycles. The number of nitro benzene ring substituents is 1. The highest BCUT2D eigenvalue weighted by atomic mass is 16.6. The third-order valence-corrected chi connectivity index (χ3v) is 3.47. The van der Waals surface area contributed by atoms with E-state index >= 15 is 0 Å². The van der Waals surface area contributed by atoms with Crippen LogP contribution in [0.5, 0.6) is 5.75 Å². The molecule has 5 nitrogen and oxygen atoms in total. The molecule has 0 bridgehead atoms. The number of rotatable bonds is 5. The fraction of sp³-hybridized carbons (Fsp3) is 0.250. The molecule has 0 aliphatic carbocycles. The van der Waals surface area contributed by atoms with Crippen LogP contribution < -0.4 is 10.1 Å². The predicted octanol–water partition coefficient (Wildman–Crippen LogP) is 4.08. The van der Waals surface area contributed by atoms with Crippen molar-refractivity contribution in [3.63, 3.8) is 0 Å². The lowest BCUT2D eigenvalue weighted by molar-refractivity contribution is -0.385. The molecular weight excluding hydrogens is 268 g/mol. The molecule has 0 radical (unpaired) electrons. The molecule has 21 heavy (non-hydrogen) atoms. The number of hydrogen-bond donors (Lipinski definition) is 1. The van der Waals surface area contributed by atoms with E-state index in [9.17, 15) is 10.1 Å². The Labute approximate surface area is 123 Å². The van der Waals surface area contributed by atoms with Crippen LogP contribution in [-0.4, -0.2) is 12.0 Å². The summed E-state index contributed by atoms with van der Waals surface area (Å²) in [5.41, 5.74) is 2.58. The molecule has 5 heteroatoms. The van der Waals surface area contributed by atoms with Crippen molar-refractivity contribution in [1.82, 2.24) is 0 Å². The van der Waals surface area contributed by atoms with Gasteiger partial charge in [-0.1, -0.05) is 18.2 Å². The van der Waals surface area contributed by atoms with Gasteiger partial charge in [0.1, 0.15) is 5.75 Å². The Kier molecular flexibility index (Phi) is 4.42. The summed E-state index contributed by atoms with van der Waals surface area (Å²) < 4.78 is 5.21. The zero-order chi connectivity index (χ0) is 15.4. The van der Waals surface area contributed by atoms with E-state index in [1.54, 1.807) is 20.1 Å². The molecule has 2 aromatic carbocycles. The molecule has 0 spiro atoms. The first-order valence-electron chi connectivity index (χ1n) is 6.67. The Morgan fingerprint density at radius 2 is 1.95 bits per heavy atom. The number of ether oxygens (including phenoxy) is 1. The van der Waals surface area contributed by atoms with Crippen molar-refractivity contribution in [3.8, 4) is 5.75 Å². The number of nitro groups is 1. The van der Waals surface area contributed by atoms with Crippen LogP contribution in [-0.2, 0) is 0 Å². The van der Waals surface area contributed by atoms with Crippen LogP contribution >= 0.6 is 0 Å². The Bertz CT molecular complexity index is 656. The van der Waals surface area contributed by atoms with E-state index < -0.39 is 0 Å². The minimum absolute atomic E-state index is 0.0146. The average molecular weight is 286 g/mol. The second-order valence-corrected chi connectivity index (χ2v) is 4.85. The van der Waals surface area contributed by atoms with Gasteiger partial charge in [0.05, 0.1) is 12.0 Å². The van der Waals surface area contributed by atoms with E-state index in [2.05, 4.69) is 5.32 Å². The van der Waals surface area contributed by atoms with E-state index in [1.807, 2.05) is 37.3 Å². The van der Waals surface area contributed by atoms with Gasteiger partial charge < -0.3 is 10.1 Å². The topological polar surface area (TPSA) is 64.4 Å². The molecule has 1 unspecified atom stereocenters. The van der Waals surface area contributed by atoms with Gasteiger partial charge in [-0.25, -0.2) is 0 Å². The molecule has 0 amide bonds. The zero-order valence-corrected chi connectivity index (χ0v) is 12.3. The van der Waals surface area contributed by atoms with Crippen molar-refractivity contribution in [1.29, 1.82) is 0 Å². The second-order valence-electron chi connectivity index (χ2n) is 4.85. The van der Waals surface area contributed by atoms with E-state index in [4.69, 9.17) is 4.74 Å². The van der Waals surface area contributed by atoms with Crippen molar-refractivity contribution in [3.05, 3.63) is 63.7 Å². The summed E-state index contributed by atoms with van der Waals surface area (Å²) in [4.78, 5) is 10.6. The minimum atomic E-state index is -0.364. The molecule has 0 saturated carbocycles. The summed E-state index contributed by atoms with van der Waals surface area (Å²) in [5, 5.41) is 14.3. The highest BCUT2D eigenvalue weighted by molar-refractivity contribution is 5.60. The van der Waals surface area contributed by atoms with Gasteiger partial charge in [-0.15, -0.1) is 0 Å². The van der Waals surface area contributed by atoms with Crippen LogP contribution in [0.2, 0.25) is 0 Å². The number of hydrogen-bond acceptors (Lipinski definition) is 4. The average Bonchev–Trinajstić information content (AvgIpc) is 2.49. The van der Waals surface area contributed by atoms with Crippen molar-refractivity contribution < 1.29 is 9.66 Å². The van der Waals surface area contributed by atoms with Crippen molar-refractivity contribution in [2.45, 2.75) is 19.9 Å². The van der Waals surface area contributed by atoms with E-state index in [1.165, 1.54) is 6.07 Å². The summed E-state index contributed by atoms with van der Waals surface area (Å²) in [6.07, 6.45) is 0. The van der Waals surface area contributed by atoms with Gasteiger partial charge in [-0.3, -0.25) is 10.1 Å². The number of methoxy groups -OCH3 is 1. The molecule has 2 rings (SSSR count). The zero-order valence-electron chi connectivity index (χ0n) is 12.3. The molecule has 110 valence electrons. The standard InChI is InChI=1S/C16H18N2O3/c1-11-15(8-5-9-16(11)18(19)20)17-12(2)13-6-4-7-14(10-13)21-3/h4-10,12,17H,1-3H3. The molecule has 0 aliphatic rings. The SMILES string of the molecule is COc1cccc(C(C)Nc2cccc([N+](=O)[O-])c2C)c1. The first kappa shape index (κ1) is 14.8.